The molecule has 200 valence electrons. The predicted molar refractivity (Wildman–Crippen MR) is 135 cm³/mol. The second-order valence-electron chi connectivity index (χ2n) is 10.1. The van der Waals surface area contributed by atoms with Crippen LogP contribution < -0.4 is 10.2 Å². The molecule has 2 fully saturated rings. The van der Waals surface area contributed by atoms with E-state index >= 15 is 0 Å². The van der Waals surface area contributed by atoms with Crippen LogP contribution in [-0.4, -0.2) is 61.7 Å². The van der Waals surface area contributed by atoms with Crippen LogP contribution in [0.25, 0.3) is 0 Å². The predicted octanol–water partition coefficient (Wildman–Crippen LogP) is 4.60. The van der Waals surface area contributed by atoms with Gasteiger partial charge in [0.25, 0.3) is 17.4 Å². The molecule has 2 aromatic rings. The minimum Gasteiger partial charge on any atom is -0.371 e. The number of carbonyl (C=O) groups is 2. The van der Waals surface area contributed by atoms with Crippen LogP contribution in [0.2, 0.25) is 5.02 Å². The number of aliphatic hydroxyl groups is 1. The Morgan fingerprint density at radius 3 is 2.38 bits per heavy atom. The number of anilines is 1. The van der Waals surface area contributed by atoms with Crippen molar-refractivity contribution in [1.29, 1.82) is 0 Å². The number of hydrogen-bond donors (Lipinski definition) is 2. The summed E-state index contributed by atoms with van der Waals surface area (Å²) in [6.07, 6.45) is -1.73. The lowest BCUT2D eigenvalue weighted by molar-refractivity contribution is -0.261. The Balaban J connectivity index is 1.33. The summed E-state index contributed by atoms with van der Waals surface area (Å²) in [6, 6.07) is 11.9. The fourth-order valence-electron chi connectivity index (χ4n) is 5.50. The highest BCUT2D eigenvalue weighted by Gasteiger charge is 2.62. The summed E-state index contributed by atoms with van der Waals surface area (Å²) in [5, 5.41) is 13.5. The molecule has 1 spiro atoms. The number of nitrogens with one attached hydrogen (secondary N) is 1. The molecule has 0 unspecified atom stereocenters. The maximum absolute atomic E-state index is 13.8. The third kappa shape index (κ3) is 5.16. The number of halogens is 4. The second kappa shape index (κ2) is 10.2. The Morgan fingerprint density at radius 2 is 1.81 bits per heavy atom. The highest BCUT2D eigenvalue weighted by Crippen LogP contribution is 2.61. The van der Waals surface area contributed by atoms with E-state index < -0.39 is 23.2 Å². The lowest BCUT2D eigenvalue weighted by Crippen LogP contribution is -2.55. The van der Waals surface area contributed by atoms with Gasteiger partial charge in [0.05, 0.1) is 10.6 Å². The van der Waals surface area contributed by atoms with Crippen LogP contribution >= 0.6 is 11.6 Å². The fourth-order valence-corrected chi connectivity index (χ4v) is 5.76. The summed E-state index contributed by atoms with van der Waals surface area (Å²) < 4.78 is 41.5. The maximum Gasteiger partial charge on any atom is 0.430 e. The molecule has 2 aliphatic rings. The van der Waals surface area contributed by atoms with Gasteiger partial charge >= 0.3 is 6.18 Å². The molecule has 6 nitrogen and oxygen atoms in total. The Bertz CT molecular complexity index is 1150. The highest BCUT2D eigenvalue weighted by atomic mass is 35.5. The van der Waals surface area contributed by atoms with Crippen molar-refractivity contribution in [3.63, 3.8) is 0 Å². The van der Waals surface area contributed by atoms with E-state index in [1.807, 2.05) is 6.07 Å². The van der Waals surface area contributed by atoms with Crippen molar-refractivity contribution in [3.8, 4) is 0 Å². The Labute approximate surface area is 219 Å². The van der Waals surface area contributed by atoms with Crippen LogP contribution in [0.15, 0.2) is 48.5 Å². The lowest BCUT2D eigenvalue weighted by atomic mass is 9.89. The van der Waals surface area contributed by atoms with Crippen LogP contribution in [0.3, 0.4) is 0 Å². The topological polar surface area (TPSA) is 72.9 Å². The average Bonchev–Trinajstić information content (AvgIpc) is 3.57. The number of hydrogen-bond acceptors (Lipinski definition) is 4. The van der Waals surface area contributed by atoms with Crippen LogP contribution in [0.5, 0.6) is 0 Å². The van der Waals surface area contributed by atoms with E-state index in [1.54, 1.807) is 19.2 Å². The number of carbonyl (C=O) groups excluding carboxylic acids is 2. The fraction of sp³-hybridized carbons (Fsp3) is 0.481. The van der Waals surface area contributed by atoms with Gasteiger partial charge in [-0.1, -0.05) is 41.9 Å². The molecule has 0 radical (unpaired) electrons. The number of piperidine rings is 1. The molecular weight excluding hydrogens is 507 g/mol. The number of amides is 2. The summed E-state index contributed by atoms with van der Waals surface area (Å²) in [5.41, 5.74) is -2.57. The van der Waals surface area contributed by atoms with Crippen molar-refractivity contribution in [1.82, 2.24) is 10.2 Å². The molecule has 2 N–H and O–H groups in total. The quantitative estimate of drug-likeness (QED) is 0.541. The van der Waals surface area contributed by atoms with E-state index in [9.17, 15) is 27.9 Å². The van der Waals surface area contributed by atoms with Crippen molar-refractivity contribution in [2.45, 2.75) is 37.5 Å². The van der Waals surface area contributed by atoms with Crippen molar-refractivity contribution in [2.75, 3.05) is 38.6 Å². The second-order valence-corrected chi connectivity index (χ2v) is 10.5. The van der Waals surface area contributed by atoms with Gasteiger partial charge in [-0.25, -0.2) is 0 Å². The molecular formula is C27H31ClF3N3O3. The van der Waals surface area contributed by atoms with Crippen molar-refractivity contribution >= 4 is 29.1 Å². The van der Waals surface area contributed by atoms with Crippen LogP contribution in [0.1, 0.15) is 41.6 Å². The average molecular weight is 538 g/mol. The molecule has 2 aromatic carbocycles. The van der Waals surface area contributed by atoms with E-state index in [0.717, 1.165) is 55.1 Å². The van der Waals surface area contributed by atoms with Gasteiger partial charge in [0.2, 0.25) is 0 Å². The molecule has 1 aliphatic carbocycles. The van der Waals surface area contributed by atoms with E-state index in [0.29, 0.717) is 22.9 Å². The summed E-state index contributed by atoms with van der Waals surface area (Å²) >= 11 is 6.30. The van der Waals surface area contributed by atoms with Crippen molar-refractivity contribution < 1.29 is 27.9 Å². The van der Waals surface area contributed by atoms with E-state index in [-0.39, 0.29) is 17.9 Å². The van der Waals surface area contributed by atoms with Gasteiger partial charge < -0.3 is 20.2 Å². The smallest absolute Gasteiger partial charge is 0.371 e. The van der Waals surface area contributed by atoms with Gasteiger partial charge in [-0.05, 0) is 55.2 Å². The number of nitrogens with zero attached hydrogens (tertiary/aromatic N) is 2. The Hall–Kier alpha value is -2.78. The summed E-state index contributed by atoms with van der Waals surface area (Å²) in [7, 11) is 2.86. The molecule has 1 saturated heterocycles. The molecule has 1 heterocycles. The van der Waals surface area contributed by atoms with Gasteiger partial charge in [-0.15, -0.1) is 0 Å². The number of alkyl halides is 3. The highest BCUT2D eigenvalue weighted by molar-refractivity contribution is 6.34. The first-order chi connectivity index (χ1) is 17.4. The Kier molecular flexibility index (Phi) is 7.50. The van der Waals surface area contributed by atoms with Crippen LogP contribution in [0.4, 0.5) is 18.9 Å². The summed E-state index contributed by atoms with van der Waals surface area (Å²) in [5.74, 6) is -1.29. The Morgan fingerprint density at radius 1 is 1.16 bits per heavy atom. The van der Waals surface area contributed by atoms with E-state index in [4.69, 9.17) is 11.6 Å². The van der Waals surface area contributed by atoms with Crippen LogP contribution in [-0.2, 0) is 10.4 Å². The van der Waals surface area contributed by atoms with E-state index in [1.165, 1.54) is 25.2 Å². The molecule has 1 aliphatic heterocycles. The zero-order valence-corrected chi connectivity index (χ0v) is 21.6. The molecule has 2 amide bonds. The zero-order valence-electron chi connectivity index (χ0n) is 20.8. The number of benzene rings is 2. The molecule has 0 bridgehead atoms. The van der Waals surface area contributed by atoms with Crippen molar-refractivity contribution in [2.24, 2.45) is 11.3 Å². The van der Waals surface area contributed by atoms with Gasteiger partial charge in [0.15, 0.2) is 0 Å². The molecule has 1 saturated carbocycles. The first kappa shape index (κ1) is 27.3. The minimum atomic E-state index is -5.14. The molecule has 4 rings (SSSR count). The standard InChI is InChI=1S/C27H31ClF3N3O3/c1-32-23(35)21-9-8-20(16-22(21)28)34-14-11-25(12-15-34)17-19(25)10-13-33(2)24(36)26(37,27(29,30)31)18-6-4-3-5-7-18/h3-9,16,19,37H,10-15,17H2,1-2H3,(H,32,35)/t19-,26+/m0/s1. The largest absolute Gasteiger partial charge is 0.430 e. The number of likely N-dealkylation sites (N-methyl/N-ethyl adjacent to an activating group) is 1. The maximum atomic E-state index is 13.8. The first-order valence-corrected chi connectivity index (χ1v) is 12.7. The lowest BCUT2D eigenvalue weighted by Gasteiger charge is -2.35. The first-order valence-electron chi connectivity index (χ1n) is 12.3. The minimum absolute atomic E-state index is 0.131. The van der Waals surface area contributed by atoms with Gasteiger partial charge in [-0.3, -0.25) is 9.59 Å². The number of rotatable bonds is 7. The molecule has 37 heavy (non-hydrogen) atoms. The molecule has 2 atom stereocenters. The monoisotopic (exact) mass is 537 g/mol. The third-order valence-corrected chi connectivity index (χ3v) is 8.29. The third-order valence-electron chi connectivity index (χ3n) is 7.98. The van der Waals surface area contributed by atoms with E-state index in [2.05, 4.69) is 10.2 Å². The SMILES string of the molecule is CNC(=O)c1ccc(N2CCC3(CC2)C[C@@H]3CCN(C)C(=O)[C@](O)(c2ccccc2)C(F)(F)F)cc1Cl. The zero-order chi connectivity index (χ0) is 27.0. The summed E-state index contributed by atoms with van der Waals surface area (Å²) in [4.78, 5) is 27.9. The molecule has 10 heteroatoms. The van der Waals surface area contributed by atoms with Gasteiger partial charge in [0.1, 0.15) is 0 Å². The van der Waals surface area contributed by atoms with Crippen molar-refractivity contribution in [3.05, 3.63) is 64.7 Å². The normalized spacial score (nSPS) is 20.3. The van der Waals surface area contributed by atoms with Crippen LogP contribution in [0, 0.1) is 11.3 Å². The summed E-state index contributed by atoms with van der Waals surface area (Å²) in [6.45, 7) is 1.75. The molecule has 0 aromatic heterocycles. The van der Waals surface area contributed by atoms with Gasteiger partial charge in [-0.2, -0.15) is 13.2 Å². The van der Waals surface area contributed by atoms with Gasteiger partial charge in [0, 0.05) is 45.0 Å².